The Balaban J connectivity index is 0.880. The predicted molar refractivity (Wildman–Crippen MR) is 287 cm³/mol. The molecule has 0 amide bonds. The van der Waals surface area contributed by atoms with Gasteiger partial charge in [0, 0.05) is 44.2 Å². The highest BCUT2D eigenvalue weighted by Crippen LogP contribution is 2.54. The molecule has 324 valence electrons. The first kappa shape index (κ1) is 40.1. The highest BCUT2D eigenvalue weighted by molar-refractivity contribution is 6.09. The van der Waals surface area contributed by atoms with E-state index in [1.807, 2.05) is 0 Å². The molecule has 0 bridgehead atoms. The predicted octanol–water partition coefficient (Wildman–Crippen LogP) is 17.9. The molecule has 0 aliphatic heterocycles. The van der Waals surface area contributed by atoms with Crippen LogP contribution in [-0.4, -0.2) is 4.57 Å². The van der Waals surface area contributed by atoms with E-state index in [1.165, 1.54) is 105 Å². The zero-order valence-corrected chi connectivity index (χ0v) is 38.8. The summed E-state index contributed by atoms with van der Waals surface area (Å²) in [6.07, 6.45) is 0. The lowest BCUT2D eigenvalue weighted by atomic mass is 9.81. The highest BCUT2D eigenvalue weighted by atomic mass is 15.1. The molecule has 2 heteroatoms. The molecule has 2 nitrogen and oxygen atoms in total. The Kier molecular flexibility index (Phi) is 8.95. The summed E-state index contributed by atoms with van der Waals surface area (Å²) in [5, 5.41) is 2.54. The molecule has 0 fully saturated rings. The van der Waals surface area contributed by atoms with Gasteiger partial charge in [-0.15, -0.1) is 0 Å². The summed E-state index contributed by atoms with van der Waals surface area (Å²) in [5.74, 6) is 0. The molecule has 0 saturated carbocycles. The zero-order valence-electron chi connectivity index (χ0n) is 38.8. The van der Waals surface area contributed by atoms with Crippen molar-refractivity contribution in [3.05, 3.63) is 253 Å². The van der Waals surface area contributed by atoms with Crippen LogP contribution in [0, 0.1) is 0 Å². The van der Waals surface area contributed by atoms with Crippen molar-refractivity contribution in [2.75, 3.05) is 4.90 Å². The number of para-hydroxylation sites is 3. The molecule has 2 aliphatic rings. The Hall–Kier alpha value is -8.20. The van der Waals surface area contributed by atoms with Crippen LogP contribution in [0.3, 0.4) is 0 Å². The van der Waals surface area contributed by atoms with Gasteiger partial charge in [-0.3, -0.25) is 0 Å². The van der Waals surface area contributed by atoms with Crippen molar-refractivity contribution < 1.29 is 0 Å². The van der Waals surface area contributed by atoms with Gasteiger partial charge in [0.1, 0.15) is 0 Å². The summed E-state index contributed by atoms with van der Waals surface area (Å²) in [6, 6.07) is 85.5. The highest BCUT2D eigenvalue weighted by Gasteiger charge is 2.38. The minimum absolute atomic E-state index is 0.119. The molecule has 1 heterocycles. The second-order valence-corrected chi connectivity index (χ2v) is 19.7. The molecule has 0 unspecified atom stereocenters. The van der Waals surface area contributed by atoms with Gasteiger partial charge in [0.15, 0.2) is 0 Å². The maximum atomic E-state index is 2.46. The van der Waals surface area contributed by atoms with Gasteiger partial charge in [0.2, 0.25) is 0 Å². The molecular formula is C66H50N2. The summed E-state index contributed by atoms with van der Waals surface area (Å²) < 4.78 is 2.42. The SMILES string of the molecule is CC1(C)c2ccccc2-c2ccc(N(c3ccc(-c4ccc(-c5ccccc5-n5c6ccccc6c6ccccc65)cc4)cc3)c3ccc4c(c3)C(C)(C)c3cc(-c5ccccc5)ccc3-4)cc21. The summed E-state index contributed by atoms with van der Waals surface area (Å²) >= 11 is 0. The molecule has 0 spiro atoms. The third-order valence-electron chi connectivity index (χ3n) is 15.2. The minimum atomic E-state index is -0.182. The van der Waals surface area contributed by atoms with Crippen molar-refractivity contribution in [1.29, 1.82) is 0 Å². The maximum Gasteiger partial charge on any atom is 0.0541 e. The zero-order chi connectivity index (χ0) is 45.7. The van der Waals surface area contributed by atoms with Gasteiger partial charge in [-0.05, 0) is 133 Å². The average Bonchev–Trinajstić information content (AvgIpc) is 3.93. The van der Waals surface area contributed by atoms with Crippen LogP contribution in [0.4, 0.5) is 17.1 Å². The van der Waals surface area contributed by atoms with Crippen molar-refractivity contribution in [1.82, 2.24) is 4.57 Å². The van der Waals surface area contributed by atoms with E-state index in [4.69, 9.17) is 0 Å². The van der Waals surface area contributed by atoms with Gasteiger partial charge in [-0.1, -0.05) is 198 Å². The molecule has 2 aliphatic carbocycles. The van der Waals surface area contributed by atoms with E-state index < -0.39 is 0 Å². The van der Waals surface area contributed by atoms with Crippen LogP contribution in [0.1, 0.15) is 49.9 Å². The fourth-order valence-electron chi connectivity index (χ4n) is 11.7. The van der Waals surface area contributed by atoms with Crippen molar-refractivity contribution in [2.24, 2.45) is 0 Å². The van der Waals surface area contributed by atoms with E-state index in [0.717, 1.165) is 17.1 Å². The molecule has 0 atom stereocenters. The fourth-order valence-corrected chi connectivity index (χ4v) is 11.7. The van der Waals surface area contributed by atoms with Crippen LogP contribution in [0.2, 0.25) is 0 Å². The van der Waals surface area contributed by atoms with E-state index in [-0.39, 0.29) is 10.8 Å². The topological polar surface area (TPSA) is 8.17 Å². The van der Waals surface area contributed by atoms with Crippen LogP contribution < -0.4 is 4.90 Å². The van der Waals surface area contributed by atoms with E-state index in [1.54, 1.807) is 0 Å². The summed E-state index contributed by atoms with van der Waals surface area (Å²) in [6.45, 7) is 9.51. The van der Waals surface area contributed by atoms with Gasteiger partial charge >= 0.3 is 0 Å². The molecule has 68 heavy (non-hydrogen) atoms. The molecular weight excluding hydrogens is 821 g/mol. The molecule has 11 aromatic rings. The van der Waals surface area contributed by atoms with Crippen LogP contribution in [0.25, 0.3) is 83.1 Å². The number of hydrogen-bond acceptors (Lipinski definition) is 1. The summed E-state index contributed by atoms with van der Waals surface area (Å²) in [4.78, 5) is 2.46. The van der Waals surface area contributed by atoms with Crippen molar-refractivity contribution in [2.45, 2.75) is 38.5 Å². The van der Waals surface area contributed by atoms with Crippen LogP contribution in [0.15, 0.2) is 231 Å². The third kappa shape index (κ3) is 6.10. The lowest BCUT2D eigenvalue weighted by Gasteiger charge is -2.30. The van der Waals surface area contributed by atoms with Crippen molar-refractivity contribution in [3.8, 4) is 61.3 Å². The number of fused-ring (bicyclic) bond motifs is 9. The number of nitrogens with zero attached hydrogens (tertiary/aromatic N) is 2. The molecule has 1 aromatic heterocycles. The quantitative estimate of drug-likeness (QED) is 0.155. The number of benzene rings is 10. The smallest absolute Gasteiger partial charge is 0.0541 e. The maximum absolute atomic E-state index is 2.46. The molecule has 0 saturated heterocycles. The van der Waals surface area contributed by atoms with Crippen LogP contribution in [-0.2, 0) is 10.8 Å². The Bertz CT molecular complexity index is 3720. The number of hydrogen-bond donors (Lipinski definition) is 0. The summed E-state index contributed by atoms with van der Waals surface area (Å²) in [5.41, 5.74) is 24.8. The first-order chi connectivity index (χ1) is 33.2. The first-order valence-electron chi connectivity index (χ1n) is 23.9. The molecule has 13 rings (SSSR count). The lowest BCUT2D eigenvalue weighted by molar-refractivity contribution is 0.660. The Morgan fingerprint density at radius 2 is 0.706 bits per heavy atom. The van der Waals surface area contributed by atoms with Gasteiger partial charge in [-0.2, -0.15) is 0 Å². The second-order valence-electron chi connectivity index (χ2n) is 19.7. The Labute approximate surface area is 399 Å². The van der Waals surface area contributed by atoms with Crippen LogP contribution in [0.5, 0.6) is 0 Å². The number of aromatic nitrogens is 1. The van der Waals surface area contributed by atoms with Crippen molar-refractivity contribution in [3.63, 3.8) is 0 Å². The van der Waals surface area contributed by atoms with Gasteiger partial charge in [0.05, 0.1) is 16.7 Å². The normalized spacial score (nSPS) is 13.8. The van der Waals surface area contributed by atoms with E-state index in [0.29, 0.717) is 0 Å². The van der Waals surface area contributed by atoms with Gasteiger partial charge in [-0.25, -0.2) is 0 Å². The number of anilines is 3. The van der Waals surface area contributed by atoms with Crippen LogP contribution >= 0.6 is 0 Å². The molecule has 10 aromatic carbocycles. The first-order valence-corrected chi connectivity index (χ1v) is 23.9. The van der Waals surface area contributed by atoms with Gasteiger partial charge in [0.25, 0.3) is 0 Å². The fraction of sp³-hybridized carbons (Fsp3) is 0.0909. The molecule has 0 N–H and O–H groups in total. The average molecular weight is 871 g/mol. The standard InChI is InChI=1S/C66H50N2/c1-65(2)58-22-12-8-19-52(58)54-38-35-49(41-60(54)65)67(50-36-39-55-53-37-32-47(43-16-6-5-7-17-43)40-59(53)66(3,4)61(55)42-50)48-33-30-45(31-34-48)44-26-28-46(29-27-44)51-18-9-13-23-62(51)68-63-24-14-10-20-56(63)57-21-11-15-25-64(57)68/h5-42H,1-4H3. The Morgan fingerprint density at radius 3 is 1.34 bits per heavy atom. The van der Waals surface area contributed by atoms with E-state index in [2.05, 4.69) is 268 Å². The van der Waals surface area contributed by atoms with Crippen molar-refractivity contribution >= 4 is 38.9 Å². The molecule has 0 radical (unpaired) electrons. The number of rotatable bonds is 7. The Morgan fingerprint density at radius 1 is 0.294 bits per heavy atom. The lowest BCUT2D eigenvalue weighted by Crippen LogP contribution is -2.18. The van der Waals surface area contributed by atoms with E-state index in [9.17, 15) is 0 Å². The monoisotopic (exact) mass is 870 g/mol. The van der Waals surface area contributed by atoms with Gasteiger partial charge < -0.3 is 9.47 Å². The largest absolute Gasteiger partial charge is 0.310 e. The minimum Gasteiger partial charge on any atom is -0.310 e. The second kappa shape index (κ2) is 15.2. The third-order valence-corrected chi connectivity index (χ3v) is 15.2. The van der Waals surface area contributed by atoms with E-state index >= 15 is 0 Å². The summed E-state index contributed by atoms with van der Waals surface area (Å²) in [7, 11) is 0.